The number of halogens is 1. The van der Waals surface area contributed by atoms with Gasteiger partial charge >= 0.3 is 0 Å². The van der Waals surface area contributed by atoms with Gasteiger partial charge in [0.2, 0.25) is 0 Å². The first kappa shape index (κ1) is 12.3. The number of nitrogens with one attached hydrogen (secondary N) is 2. The Hall–Kier alpha value is -1.18. The normalized spacial score (nSPS) is 9.94. The third kappa shape index (κ3) is 3.15. The molecule has 17 heavy (non-hydrogen) atoms. The Bertz CT molecular complexity index is 536. The summed E-state index contributed by atoms with van der Waals surface area (Å²) in [5, 5.41) is 1.80. The van der Waals surface area contributed by atoms with E-state index in [2.05, 4.69) is 26.8 Å². The number of hydrogen-bond donors (Lipinski definition) is 2. The van der Waals surface area contributed by atoms with Gasteiger partial charge in [0.25, 0.3) is 11.8 Å². The molecule has 0 aliphatic rings. The highest BCUT2D eigenvalue weighted by Crippen LogP contribution is 2.21. The van der Waals surface area contributed by atoms with Crippen molar-refractivity contribution in [3.05, 3.63) is 43.2 Å². The van der Waals surface area contributed by atoms with Crippen molar-refractivity contribution < 1.29 is 9.59 Å². The molecule has 0 spiro atoms. The highest BCUT2D eigenvalue weighted by atomic mass is 79.9. The first-order valence-corrected chi connectivity index (χ1v) is 7.05. The van der Waals surface area contributed by atoms with E-state index in [1.54, 1.807) is 29.6 Å². The molecule has 4 nitrogen and oxygen atoms in total. The molecule has 0 aliphatic heterocycles. The third-order valence-electron chi connectivity index (χ3n) is 1.83. The van der Waals surface area contributed by atoms with Crippen LogP contribution < -0.4 is 10.9 Å². The van der Waals surface area contributed by atoms with Gasteiger partial charge in [-0.1, -0.05) is 6.07 Å². The van der Waals surface area contributed by atoms with E-state index in [9.17, 15) is 9.59 Å². The summed E-state index contributed by atoms with van der Waals surface area (Å²) in [6.07, 6.45) is 0. The van der Waals surface area contributed by atoms with E-state index in [1.807, 2.05) is 0 Å². The summed E-state index contributed by atoms with van der Waals surface area (Å²) in [5.41, 5.74) is 4.71. The van der Waals surface area contributed by atoms with Crippen LogP contribution in [0.15, 0.2) is 33.4 Å². The molecule has 7 heteroatoms. The molecule has 0 fully saturated rings. The molecule has 2 N–H and O–H groups in total. The van der Waals surface area contributed by atoms with Gasteiger partial charge in [0, 0.05) is 0 Å². The van der Waals surface area contributed by atoms with Gasteiger partial charge in [0.1, 0.15) is 0 Å². The lowest BCUT2D eigenvalue weighted by Gasteiger charge is -2.04. The van der Waals surface area contributed by atoms with Crippen LogP contribution in [0.3, 0.4) is 0 Å². The van der Waals surface area contributed by atoms with Gasteiger partial charge in [-0.15, -0.1) is 22.7 Å². The smallest absolute Gasteiger partial charge is 0.266 e. The van der Waals surface area contributed by atoms with Crippen LogP contribution in [0.2, 0.25) is 0 Å². The molecule has 0 bridgehead atoms. The SMILES string of the molecule is O=C(NNC(=O)c1ccc(Br)s1)c1cccs1. The van der Waals surface area contributed by atoms with Crippen LogP contribution in [0.4, 0.5) is 0 Å². The molecule has 2 aromatic heterocycles. The third-order valence-corrected chi connectivity index (χ3v) is 4.32. The molecule has 2 rings (SSSR count). The van der Waals surface area contributed by atoms with Gasteiger partial charge in [-0.3, -0.25) is 20.4 Å². The van der Waals surface area contributed by atoms with Crippen LogP contribution in [0.5, 0.6) is 0 Å². The first-order valence-electron chi connectivity index (χ1n) is 4.56. The lowest BCUT2D eigenvalue weighted by atomic mass is 10.4. The molecule has 2 amide bonds. The lowest BCUT2D eigenvalue weighted by molar-refractivity contribution is 0.0851. The number of hydrogen-bond acceptors (Lipinski definition) is 4. The predicted molar refractivity (Wildman–Crippen MR) is 71.3 cm³/mol. The monoisotopic (exact) mass is 330 g/mol. The molecule has 2 aromatic rings. The van der Waals surface area contributed by atoms with Gasteiger partial charge < -0.3 is 0 Å². The largest absolute Gasteiger partial charge is 0.279 e. The molecular weight excluding hydrogens is 324 g/mol. The van der Waals surface area contributed by atoms with E-state index in [0.717, 1.165) is 3.79 Å². The summed E-state index contributed by atoms with van der Waals surface area (Å²) in [7, 11) is 0. The fourth-order valence-electron chi connectivity index (χ4n) is 1.08. The van der Waals surface area contributed by atoms with Crippen LogP contribution in [0.25, 0.3) is 0 Å². The standard InChI is InChI=1S/C10H7BrN2O2S2/c11-8-4-3-7(17-8)10(15)13-12-9(14)6-2-1-5-16-6/h1-5H,(H,12,14)(H,13,15). The molecule has 0 aromatic carbocycles. The van der Waals surface area contributed by atoms with Crippen molar-refractivity contribution >= 4 is 50.4 Å². The second-order valence-electron chi connectivity index (χ2n) is 2.99. The van der Waals surface area contributed by atoms with E-state index in [1.165, 1.54) is 22.7 Å². The van der Waals surface area contributed by atoms with E-state index < -0.39 is 0 Å². The van der Waals surface area contributed by atoms with Crippen LogP contribution >= 0.6 is 38.6 Å². The Morgan fingerprint density at radius 3 is 2.29 bits per heavy atom. The maximum Gasteiger partial charge on any atom is 0.279 e. The maximum absolute atomic E-state index is 11.6. The van der Waals surface area contributed by atoms with Crippen molar-refractivity contribution in [2.45, 2.75) is 0 Å². The van der Waals surface area contributed by atoms with Gasteiger partial charge in [-0.2, -0.15) is 0 Å². The second kappa shape index (κ2) is 5.44. The van der Waals surface area contributed by atoms with Crippen LogP contribution in [-0.2, 0) is 0 Å². The molecule has 0 radical (unpaired) electrons. The van der Waals surface area contributed by atoms with Crippen LogP contribution in [0.1, 0.15) is 19.3 Å². The minimum absolute atomic E-state index is 0.316. The number of amides is 2. The summed E-state index contributed by atoms with van der Waals surface area (Å²) >= 11 is 5.88. The Morgan fingerprint density at radius 2 is 1.76 bits per heavy atom. The summed E-state index contributed by atoms with van der Waals surface area (Å²) in [4.78, 5) is 24.2. The van der Waals surface area contributed by atoms with E-state index in [-0.39, 0.29) is 11.8 Å². The fraction of sp³-hybridized carbons (Fsp3) is 0. The minimum Gasteiger partial charge on any atom is -0.266 e. The van der Waals surface area contributed by atoms with Gasteiger partial charge in [-0.25, -0.2) is 0 Å². The van der Waals surface area contributed by atoms with Crippen molar-refractivity contribution in [2.75, 3.05) is 0 Å². The van der Waals surface area contributed by atoms with Crippen LogP contribution in [-0.4, -0.2) is 11.8 Å². The van der Waals surface area contributed by atoms with E-state index in [0.29, 0.717) is 9.75 Å². The molecule has 0 saturated heterocycles. The number of carbonyl (C=O) groups is 2. The van der Waals surface area contributed by atoms with E-state index in [4.69, 9.17) is 0 Å². The second-order valence-corrected chi connectivity index (χ2v) is 6.40. The van der Waals surface area contributed by atoms with Crippen LogP contribution in [0, 0.1) is 0 Å². The summed E-state index contributed by atoms with van der Waals surface area (Å²) < 4.78 is 0.868. The molecule has 2 heterocycles. The summed E-state index contributed by atoms with van der Waals surface area (Å²) in [5.74, 6) is -0.644. The Kier molecular flexibility index (Phi) is 3.93. The van der Waals surface area contributed by atoms with Gasteiger partial charge in [-0.05, 0) is 39.5 Å². The number of rotatable bonds is 2. The predicted octanol–water partition coefficient (Wildman–Crippen LogP) is 2.65. The van der Waals surface area contributed by atoms with Crippen molar-refractivity contribution in [1.29, 1.82) is 0 Å². The molecular formula is C10H7BrN2O2S2. The highest BCUT2D eigenvalue weighted by molar-refractivity contribution is 9.11. The zero-order valence-corrected chi connectivity index (χ0v) is 11.6. The molecule has 0 unspecified atom stereocenters. The van der Waals surface area contributed by atoms with Crippen molar-refractivity contribution in [1.82, 2.24) is 10.9 Å². The summed E-state index contributed by atoms with van der Waals surface area (Å²) in [6, 6.07) is 6.92. The fourth-order valence-corrected chi connectivity index (χ4v) is 2.98. The molecule has 0 atom stereocenters. The van der Waals surface area contributed by atoms with Crippen molar-refractivity contribution in [3.63, 3.8) is 0 Å². The number of hydrazine groups is 1. The lowest BCUT2D eigenvalue weighted by Crippen LogP contribution is -2.41. The molecule has 0 aliphatic carbocycles. The van der Waals surface area contributed by atoms with E-state index >= 15 is 0 Å². The zero-order valence-electron chi connectivity index (χ0n) is 8.40. The average Bonchev–Trinajstić information content (AvgIpc) is 2.95. The molecule has 0 saturated carbocycles. The highest BCUT2D eigenvalue weighted by Gasteiger charge is 2.11. The minimum atomic E-state index is -0.328. The maximum atomic E-state index is 11.6. The number of carbonyl (C=O) groups excluding carboxylic acids is 2. The van der Waals surface area contributed by atoms with Crippen molar-refractivity contribution in [2.24, 2.45) is 0 Å². The van der Waals surface area contributed by atoms with Gasteiger partial charge in [0.15, 0.2) is 0 Å². The Labute approximate surface area is 114 Å². The molecule has 88 valence electrons. The Morgan fingerprint density at radius 1 is 1.06 bits per heavy atom. The van der Waals surface area contributed by atoms with Crippen molar-refractivity contribution in [3.8, 4) is 0 Å². The van der Waals surface area contributed by atoms with Gasteiger partial charge in [0.05, 0.1) is 13.5 Å². The topological polar surface area (TPSA) is 58.2 Å². The Balaban J connectivity index is 1.91. The quantitative estimate of drug-likeness (QED) is 0.831. The summed E-state index contributed by atoms with van der Waals surface area (Å²) in [6.45, 7) is 0. The zero-order chi connectivity index (χ0) is 12.3. The number of thiophene rings is 2. The average molecular weight is 331 g/mol. The first-order chi connectivity index (χ1) is 8.16.